The van der Waals surface area contributed by atoms with E-state index in [0.717, 1.165) is 0 Å². The second-order valence-corrected chi connectivity index (χ2v) is 4.04. The normalized spacial score (nSPS) is 19.9. The van der Waals surface area contributed by atoms with E-state index < -0.39 is 0 Å². The van der Waals surface area contributed by atoms with Crippen LogP contribution < -0.4 is 0 Å². The van der Waals surface area contributed by atoms with E-state index in [9.17, 15) is 0 Å². The lowest BCUT2D eigenvalue weighted by molar-refractivity contribution is 1.05. The highest BCUT2D eigenvalue weighted by Crippen LogP contribution is 2.25. The Morgan fingerprint density at radius 1 is 1.00 bits per heavy atom. The number of hydrogen-bond acceptors (Lipinski definition) is 0. The van der Waals surface area contributed by atoms with Crippen LogP contribution in [0.4, 0.5) is 0 Å². The third kappa shape index (κ3) is 2.27. The van der Waals surface area contributed by atoms with E-state index in [-0.39, 0.29) is 0 Å². The maximum Gasteiger partial charge on any atom is 0.0210 e. The molecule has 0 heteroatoms. The third-order valence-electron chi connectivity index (χ3n) is 2.78. The van der Waals surface area contributed by atoms with Gasteiger partial charge in [-0.2, -0.15) is 0 Å². The summed E-state index contributed by atoms with van der Waals surface area (Å²) in [4.78, 5) is 0. The van der Waals surface area contributed by atoms with Crippen LogP contribution in [-0.2, 0) is 0 Å². The molecule has 0 radical (unpaired) electrons. The Hall–Kier alpha value is -1.56. The zero-order valence-corrected chi connectivity index (χ0v) is 9.27. The monoisotopic (exact) mass is 196 g/mol. The van der Waals surface area contributed by atoms with E-state index in [0.29, 0.717) is 5.92 Å². The Balaban J connectivity index is 2.40. The molecule has 0 fully saturated rings. The van der Waals surface area contributed by atoms with E-state index in [2.05, 4.69) is 68.5 Å². The molecule has 0 aromatic heterocycles. The molecular formula is C15H16. The van der Waals surface area contributed by atoms with Crippen molar-refractivity contribution < 1.29 is 0 Å². The van der Waals surface area contributed by atoms with Gasteiger partial charge in [0, 0.05) is 5.92 Å². The van der Waals surface area contributed by atoms with Crippen LogP contribution in [0.2, 0.25) is 0 Å². The van der Waals surface area contributed by atoms with Gasteiger partial charge in [0.25, 0.3) is 0 Å². The summed E-state index contributed by atoms with van der Waals surface area (Å²) in [6, 6.07) is 8.58. The van der Waals surface area contributed by atoms with E-state index >= 15 is 0 Å². The molecule has 1 unspecified atom stereocenters. The van der Waals surface area contributed by atoms with E-state index in [1.54, 1.807) is 0 Å². The Morgan fingerprint density at radius 2 is 1.80 bits per heavy atom. The number of hydrogen-bond donors (Lipinski definition) is 0. The van der Waals surface area contributed by atoms with Crippen LogP contribution in [0.15, 0.2) is 60.2 Å². The van der Waals surface area contributed by atoms with Gasteiger partial charge in [0.1, 0.15) is 0 Å². The predicted octanol–water partition coefficient (Wildman–Crippen LogP) is 4.15. The lowest BCUT2D eigenvalue weighted by atomic mass is 9.93. The van der Waals surface area contributed by atoms with Gasteiger partial charge in [-0.3, -0.25) is 0 Å². The Kier molecular flexibility index (Phi) is 2.86. The third-order valence-corrected chi connectivity index (χ3v) is 2.78. The zero-order valence-electron chi connectivity index (χ0n) is 9.27. The lowest BCUT2D eigenvalue weighted by Gasteiger charge is -2.11. The molecule has 0 aliphatic heterocycles. The van der Waals surface area contributed by atoms with Gasteiger partial charge in [0.05, 0.1) is 0 Å². The van der Waals surface area contributed by atoms with Crippen molar-refractivity contribution >= 4 is 0 Å². The van der Waals surface area contributed by atoms with Crippen LogP contribution in [0, 0.1) is 6.92 Å². The van der Waals surface area contributed by atoms with E-state index in [1.807, 2.05) is 0 Å². The summed E-state index contributed by atoms with van der Waals surface area (Å²) in [5.74, 6) is 0.418. The first-order valence-electron chi connectivity index (χ1n) is 5.36. The molecule has 1 aliphatic rings. The smallest absolute Gasteiger partial charge is 0.0210 e. The average molecular weight is 196 g/mol. The molecule has 0 N–H and O–H groups in total. The van der Waals surface area contributed by atoms with Crippen LogP contribution in [-0.4, -0.2) is 0 Å². The van der Waals surface area contributed by atoms with Gasteiger partial charge in [-0.15, -0.1) is 0 Å². The fourth-order valence-electron chi connectivity index (χ4n) is 1.94. The first-order valence-corrected chi connectivity index (χ1v) is 5.36. The number of aryl methyl sites for hydroxylation is 1. The van der Waals surface area contributed by atoms with Crippen molar-refractivity contribution in [3.8, 4) is 0 Å². The topological polar surface area (TPSA) is 0 Å². The van der Waals surface area contributed by atoms with Crippen molar-refractivity contribution in [2.24, 2.45) is 0 Å². The molecule has 76 valence electrons. The van der Waals surface area contributed by atoms with Gasteiger partial charge >= 0.3 is 0 Å². The molecule has 0 amide bonds. The molecule has 1 aromatic carbocycles. The summed E-state index contributed by atoms with van der Waals surface area (Å²) in [5.41, 5.74) is 4.09. The number of allylic oxidation sites excluding steroid dienone is 6. The van der Waals surface area contributed by atoms with Crippen LogP contribution in [0.1, 0.15) is 24.0 Å². The molecule has 0 spiro atoms. The summed E-state index contributed by atoms with van der Waals surface area (Å²) in [6.45, 7) is 4.32. The van der Waals surface area contributed by atoms with Crippen molar-refractivity contribution in [1.82, 2.24) is 0 Å². The van der Waals surface area contributed by atoms with Gasteiger partial charge in [-0.25, -0.2) is 0 Å². The van der Waals surface area contributed by atoms with Crippen molar-refractivity contribution in [3.05, 3.63) is 71.3 Å². The molecule has 1 aliphatic carbocycles. The lowest BCUT2D eigenvalue weighted by Crippen LogP contribution is -1.94. The highest BCUT2D eigenvalue weighted by molar-refractivity contribution is 5.40. The standard InChI is InChI=1S/C15H16/c1-12-7-3-5-9-14(11-12)15-10-6-4-8-13(15)2/h3-11,14H,1-2H3. The van der Waals surface area contributed by atoms with E-state index in [4.69, 9.17) is 0 Å². The predicted molar refractivity (Wildman–Crippen MR) is 66.0 cm³/mol. The minimum atomic E-state index is 0.418. The molecule has 15 heavy (non-hydrogen) atoms. The molecule has 0 heterocycles. The maximum absolute atomic E-state index is 2.31. The molecule has 0 bridgehead atoms. The van der Waals surface area contributed by atoms with Crippen molar-refractivity contribution in [1.29, 1.82) is 0 Å². The van der Waals surface area contributed by atoms with Crippen LogP contribution in [0.5, 0.6) is 0 Å². The molecule has 0 saturated carbocycles. The fraction of sp³-hybridized carbons (Fsp3) is 0.200. The number of rotatable bonds is 1. The molecular weight excluding hydrogens is 180 g/mol. The SMILES string of the molecule is CC1=CC(c2ccccc2C)C=CC=C1. The molecule has 2 rings (SSSR count). The molecule has 1 aromatic rings. The summed E-state index contributed by atoms with van der Waals surface area (Å²) < 4.78 is 0. The second kappa shape index (κ2) is 4.31. The van der Waals surface area contributed by atoms with Crippen molar-refractivity contribution in [2.75, 3.05) is 0 Å². The molecule has 0 saturated heterocycles. The largest absolute Gasteiger partial charge is 0.0732 e. The number of benzene rings is 1. The van der Waals surface area contributed by atoms with Gasteiger partial charge in [-0.05, 0) is 25.0 Å². The van der Waals surface area contributed by atoms with Gasteiger partial charge < -0.3 is 0 Å². The quantitative estimate of drug-likeness (QED) is 0.633. The summed E-state index contributed by atoms with van der Waals surface area (Å²) >= 11 is 0. The highest BCUT2D eigenvalue weighted by atomic mass is 14.1. The van der Waals surface area contributed by atoms with Gasteiger partial charge in [-0.1, -0.05) is 60.2 Å². The Bertz CT molecular complexity index is 433. The fourth-order valence-corrected chi connectivity index (χ4v) is 1.94. The maximum atomic E-state index is 2.31. The minimum Gasteiger partial charge on any atom is -0.0732 e. The Morgan fingerprint density at radius 3 is 2.60 bits per heavy atom. The minimum absolute atomic E-state index is 0.418. The first-order chi connectivity index (χ1) is 7.27. The van der Waals surface area contributed by atoms with Crippen molar-refractivity contribution in [2.45, 2.75) is 19.8 Å². The molecule has 0 nitrogen and oxygen atoms in total. The second-order valence-electron chi connectivity index (χ2n) is 4.04. The summed E-state index contributed by atoms with van der Waals surface area (Å²) in [7, 11) is 0. The van der Waals surface area contributed by atoms with Crippen LogP contribution in [0.3, 0.4) is 0 Å². The first kappa shape index (κ1) is 9.97. The van der Waals surface area contributed by atoms with Gasteiger partial charge in [0.15, 0.2) is 0 Å². The summed E-state index contributed by atoms with van der Waals surface area (Å²) in [6.07, 6.45) is 10.9. The Labute approximate surface area is 91.6 Å². The van der Waals surface area contributed by atoms with E-state index in [1.165, 1.54) is 16.7 Å². The highest BCUT2D eigenvalue weighted by Gasteiger charge is 2.08. The average Bonchev–Trinajstić information content (AvgIpc) is 2.43. The van der Waals surface area contributed by atoms with Gasteiger partial charge in [0.2, 0.25) is 0 Å². The van der Waals surface area contributed by atoms with Crippen LogP contribution >= 0.6 is 0 Å². The zero-order chi connectivity index (χ0) is 10.7. The van der Waals surface area contributed by atoms with Crippen molar-refractivity contribution in [3.63, 3.8) is 0 Å². The molecule has 1 atom stereocenters. The van der Waals surface area contributed by atoms with Crippen LogP contribution in [0.25, 0.3) is 0 Å². The summed E-state index contributed by atoms with van der Waals surface area (Å²) in [5, 5.41) is 0.